The van der Waals surface area contributed by atoms with Gasteiger partial charge in [-0.1, -0.05) is 30.9 Å². The fraction of sp³-hybridized carbons (Fsp3) is 0.500. The van der Waals surface area contributed by atoms with Crippen molar-refractivity contribution in [2.24, 2.45) is 16.6 Å². The summed E-state index contributed by atoms with van der Waals surface area (Å²) in [6.07, 6.45) is 5.54. The Bertz CT molecular complexity index is 509. The monoisotopic (exact) mass is 264 g/mol. The lowest BCUT2D eigenvalue weighted by atomic mass is 9.73. The standard InChI is InChI=1S/C14H17ClN2O/c15-10-6-7-12-11(8-10)14(18,13(16)17-12)9-4-2-1-3-5-9/h6-9,18H,1-5H2,(H2,16,17). The average molecular weight is 265 g/mol. The summed E-state index contributed by atoms with van der Waals surface area (Å²) in [5, 5.41) is 11.7. The molecule has 1 aliphatic carbocycles. The summed E-state index contributed by atoms with van der Waals surface area (Å²) >= 11 is 6.03. The molecule has 18 heavy (non-hydrogen) atoms. The van der Waals surface area contributed by atoms with E-state index in [0.717, 1.165) is 36.9 Å². The number of benzene rings is 1. The Morgan fingerprint density at radius 3 is 2.72 bits per heavy atom. The zero-order valence-electron chi connectivity index (χ0n) is 10.2. The Balaban J connectivity index is 2.06. The van der Waals surface area contributed by atoms with Crippen molar-refractivity contribution in [2.75, 3.05) is 0 Å². The number of hydrogen-bond donors (Lipinski definition) is 2. The van der Waals surface area contributed by atoms with Gasteiger partial charge < -0.3 is 10.8 Å². The minimum atomic E-state index is -1.11. The molecule has 2 aliphatic rings. The van der Waals surface area contributed by atoms with Gasteiger partial charge in [-0.25, -0.2) is 4.99 Å². The van der Waals surface area contributed by atoms with E-state index in [1.165, 1.54) is 6.42 Å². The van der Waals surface area contributed by atoms with Crippen LogP contribution in [0, 0.1) is 5.92 Å². The van der Waals surface area contributed by atoms with E-state index in [2.05, 4.69) is 4.99 Å². The normalized spacial score (nSPS) is 28.0. The molecular formula is C14H17ClN2O. The molecule has 1 saturated carbocycles. The lowest BCUT2D eigenvalue weighted by Crippen LogP contribution is -2.45. The van der Waals surface area contributed by atoms with Crippen LogP contribution in [0.3, 0.4) is 0 Å². The van der Waals surface area contributed by atoms with Gasteiger partial charge in [0.15, 0.2) is 5.60 Å². The van der Waals surface area contributed by atoms with Crippen molar-refractivity contribution < 1.29 is 5.11 Å². The van der Waals surface area contributed by atoms with Gasteiger partial charge in [-0.3, -0.25) is 0 Å². The van der Waals surface area contributed by atoms with Crippen LogP contribution in [0.4, 0.5) is 5.69 Å². The molecule has 96 valence electrons. The molecule has 0 radical (unpaired) electrons. The molecule has 3 nitrogen and oxygen atoms in total. The van der Waals surface area contributed by atoms with Crippen molar-refractivity contribution in [3.8, 4) is 0 Å². The second-order valence-corrected chi connectivity index (χ2v) is 5.70. The first kappa shape index (κ1) is 12.0. The molecule has 0 spiro atoms. The van der Waals surface area contributed by atoms with E-state index in [1.54, 1.807) is 12.1 Å². The molecule has 0 saturated heterocycles. The minimum Gasteiger partial charge on any atom is -0.384 e. The summed E-state index contributed by atoms with van der Waals surface area (Å²) in [7, 11) is 0. The highest BCUT2D eigenvalue weighted by molar-refractivity contribution is 6.30. The molecule has 1 heterocycles. The van der Waals surface area contributed by atoms with Crippen molar-refractivity contribution in [2.45, 2.75) is 37.7 Å². The fourth-order valence-corrected chi connectivity index (χ4v) is 3.39. The highest BCUT2D eigenvalue weighted by Crippen LogP contribution is 2.47. The fourth-order valence-electron chi connectivity index (χ4n) is 3.21. The van der Waals surface area contributed by atoms with Crippen LogP contribution in [0.5, 0.6) is 0 Å². The molecule has 1 aromatic carbocycles. The Kier molecular flexibility index (Phi) is 2.83. The lowest BCUT2D eigenvalue weighted by Gasteiger charge is -2.36. The van der Waals surface area contributed by atoms with Crippen LogP contribution in [0.2, 0.25) is 5.02 Å². The van der Waals surface area contributed by atoms with Crippen LogP contribution < -0.4 is 5.73 Å². The van der Waals surface area contributed by atoms with E-state index in [4.69, 9.17) is 17.3 Å². The SMILES string of the molecule is NC1=Nc2ccc(Cl)cc2C1(O)C1CCCCC1. The van der Waals surface area contributed by atoms with Gasteiger partial charge in [0.25, 0.3) is 0 Å². The molecule has 1 atom stereocenters. The van der Waals surface area contributed by atoms with E-state index >= 15 is 0 Å². The summed E-state index contributed by atoms with van der Waals surface area (Å²) in [5.74, 6) is 0.487. The predicted molar refractivity (Wildman–Crippen MR) is 73.2 cm³/mol. The van der Waals surface area contributed by atoms with Gasteiger partial charge in [0, 0.05) is 10.6 Å². The smallest absolute Gasteiger partial charge is 0.151 e. The largest absolute Gasteiger partial charge is 0.384 e. The summed E-state index contributed by atoms with van der Waals surface area (Å²) in [5.41, 5.74) is 6.42. The van der Waals surface area contributed by atoms with Gasteiger partial charge in [0.1, 0.15) is 5.84 Å². The van der Waals surface area contributed by atoms with E-state index in [9.17, 15) is 5.11 Å². The zero-order valence-corrected chi connectivity index (χ0v) is 11.0. The Hall–Kier alpha value is -1.06. The molecule has 3 N–H and O–H groups in total. The maximum absolute atomic E-state index is 11.0. The zero-order chi connectivity index (χ0) is 12.8. The van der Waals surface area contributed by atoms with Crippen molar-refractivity contribution in [1.29, 1.82) is 0 Å². The quantitative estimate of drug-likeness (QED) is 0.819. The second-order valence-electron chi connectivity index (χ2n) is 5.26. The van der Waals surface area contributed by atoms with E-state index in [1.807, 2.05) is 6.07 Å². The van der Waals surface area contributed by atoms with Crippen LogP contribution in [0.25, 0.3) is 0 Å². The maximum Gasteiger partial charge on any atom is 0.151 e. The molecular weight excluding hydrogens is 248 g/mol. The molecule has 0 amide bonds. The third-order valence-electron chi connectivity index (χ3n) is 4.20. The number of nitrogens with two attached hydrogens (primary N) is 1. The number of nitrogens with zero attached hydrogens (tertiary/aromatic N) is 1. The van der Waals surface area contributed by atoms with Gasteiger partial charge in [-0.15, -0.1) is 0 Å². The first-order valence-electron chi connectivity index (χ1n) is 6.49. The van der Waals surface area contributed by atoms with Crippen LogP contribution in [-0.2, 0) is 5.60 Å². The number of rotatable bonds is 1. The van der Waals surface area contributed by atoms with E-state index in [-0.39, 0.29) is 5.92 Å². The van der Waals surface area contributed by atoms with Gasteiger partial charge >= 0.3 is 0 Å². The lowest BCUT2D eigenvalue weighted by molar-refractivity contribution is 0.0280. The Labute approximate surface area is 112 Å². The van der Waals surface area contributed by atoms with Crippen LogP contribution >= 0.6 is 11.6 Å². The number of amidine groups is 1. The summed E-state index contributed by atoms with van der Waals surface area (Å²) < 4.78 is 0. The first-order valence-corrected chi connectivity index (χ1v) is 6.87. The third kappa shape index (κ3) is 1.65. The van der Waals surface area contributed by atoms with Gasteiger partial charge in [0.2, 0.25) is 0 Å². The molecule has 1 aliphatic heterocycles. The second kappa shape index (κ2) is 4.25. The van der Waals surface area contributed by atoms with E-state index in [0.29, 0.717) is 10.9 Å². The van der Waals surface area contributed by atoms with Crippen LogP contribution in [0.1, 0.15) is 37.7 Å². The first-order chi connectivity index (χ1) is 8.62. The van der Waals surface area contributed by atoms with Crippen molar-refractivity contribution in [3.63, 3.8) is 0 Å². The third-order valence-corrected chi connectivity index (χ3v) is 4.43. The molecule has 4 heteroatoms. The number of fused-ring (bicyclic) bond motifs is 1. The number of halogens is 1. The average Bonchev–Trinajstić information content (AvgIpc) is 2.64. The van der Waals surface area contributed by atoms with Crippen molar-refractivity contribution in [1.82, 2.24) is 0 Å². The van der Waals surface area contributed by atoms with Crippen LogP contribution in [0.15, 0.2) is 23.2 Å². The molecule has 1 unspecified atom stereocenters. The molecule has 0 aromatic heterocycles. The topological polar surface area (TPSA) is 58.6 Å². The van der Waals surface area contributed by atoms with Crippen LogP contribution in [-0.4, -0.2) is 10.9 Å². The molecule has 0 bridgehead atoms. The minimum absolute atomic E-state index is 0.162. The molecule has 1 aromatic rings. The van der Waals surface area contributed by atoms with E-state index < -0.39 is 5.60 Å². The summed E-state index contributed by atoms with van der Waals surface area (Å²) in [6, 6.07) is 5.41. The predicted octanol–water partition coefficient (Wildman–Crippen LogP) is 3.11. The number of aliphatic imine (C=N–C) groups is 1. The maximum atomic E-state index is 11.0. The molecule has 3 rings (SSSR count). The highest BCUT2D eigenvalue weighted by Gasteiger charge is 2.47. The molecule has 1 fully saturated rings. The highest BCUT2D eigenvalue weighted by atomic mass is 35.5. The Morgan fingerprint density at radius 2 is 2.00 bits per heavy atom. The Morgan fingerprint density at radius 1 is 1.28 bits per heavy atom. The van der Waals surface area contributed by atoms with Gasteiger partial charge in [-0.05, 0) is 37.0 Å². The summed E-state index contributed by atoms with van der Waals surface area (Å²) in [6.45, 7) is 0. The number of aliphatic hydroxyl groups is 1. The van der Waals surface area contributed by atoms with Gasteiger partial charge in [-0.2, -0.15) is 0 Å². The number of hydrogen-bond acceptors (Lipinski definition) is 3. The van der Waals surface area contributed by atoms with Crippen molar-refractivity contribution in [3.05, 3.63) is 28.8 Å². The van der Waals surface area contributed by atoms with Crippen molar-refractivity contribution >= 4 is 23.1 Å². The van der Waals surface area contributed by atoms with Gasteiger partial charge in [0.05, 0.1) is 5.69 Å². The summed E-state index contributed by atoms with van der Waals surface area (Å²) in [4.78, 5) is 4.31.